The number of nitro benzene ring substituents is 1. The Hall–Kier alpha value is -2.47. The molecular formula is C16H11ClN2O4. The number of aldehydes is 1. The van der Waals surface area contributed by atoms with Crippen LogP contribution in [0.25, 0.3) is 11.1 Å². The third-order valence-corrected chi connectivity index (χ3v) is 4.90. The number of hydrogen-bond donors (Lipinski definition) is 0. The van der Waals surface area contributed by atoms with Gasteiger partial charge < -0.3 is 9.36 Å². The van der Waals surface area contributed by atoms with E-state index in [1.165, 1.54) is 28.8 Å². The Labute approximate surface area is 135 Å². The average molecular weight is 331 g/mol. The highest BCUT2D eigenvalue weighted by molar-refractivity contribution is 6.31. The Kier molecular flexibility index (Phi) is 2.93. The van der Waals surface area contributed by atoms with Crippen LogP contribution in [0.1, 0.15) is 24.1 Å². The van der Waals surface area contributed by atoms with Crippen molar-refractivity contribution in [2.24, 2.45) is 5.92 Å². The smallest absolute Gasteiger partial charge is 0.277 e. The van der Waals surface area contributed by atoms with Gasteiger partial charge in [-0.05, 0) is 36.1 Å². The van der Waals surface area contributed by atoms with Crippen molar-refractivity contribution in [3.05, 3.63) is 61.5 Å². The number of carbonyl (C=O) groups excluding carboxylic acids is 1. The first-order chi connectivity index (χ1) is 11.0. The van der Waals surface area contributed by atoms with E-state index in [9.17, 15) is 19.7 Å². The largest absolute Gasteiger partial charge is 0.302 e. The van der Waals surface area contributed by atoms with Crippen molar-refractivity contribution in [1.29, 1.82) is 0 Å². The van der Waals surface area contributed by atoms with Gasteiger partial charge >= 0.3 is 0 Å². The van der Waals surface area contributed by atoms with E-state index in [1.54, 1.807) is 6.07 Å². The van der Waals surface area contributed by atoms with Crippen LogP contribution in [0.4, 0.5) is 5.69 Å². The molecule has 0 spiro atoms. The predicted octanol–water partition coefficient (Wildman–Crippen LogP) is 2.93. The summed E-state index contributed by atoms with van der Waals surface area (Å²) in [6, 6.07) is 6.96. The van der Waals surface area contributed by atoms with Gasteiger partial charge in [0.15, 0.2) is 0 Å². The summed E-state index contributed by atoms with van der Waals surface area (Å²) in [5, 5.41) is 11.6. The molecule has 1 aliphatic heterocycles. The number of rotatable bonds is 3. The molecular weight excluding hydrogens is 320 g/mol. The maximum Gasteiger partial charge on any atom is 0.277 e. The quantitative estimate of drug-likeness (QED) is 0.492. The Morgan fingerprint density at radius 3 is 2.78 bits per heavy atom. The SMILES string of the molecule is O=C[C@@H]1[C@H]2C[C@H]2c2cc(-c3cc(Cl)ccc3[N+](=O)[O-])cc(=O)n21. The molecule has 1 fully saturated rings. The number of benzene rings is 1. The molecule has 1 aliphatic carbocycles. The molecule has 0 N–H and O–H groups in total. The van der Waals surface area contributed by atoms with Crippen LogP contribution in [0.3, 0.4) is 0 Å². The fraction of sp³-hybridized carbons (Fsp3) is 0.250. The first-order valence-corrected chi connectivity index (χ1v) is 7.55. The minimum atomic E-state index is -0.495. The third kappa shape index (κ3) is 2.02. The topological polar surface area (TPSA) is 82.2 Å². The molecule has 3 atom stereocenters. The van der Waals surface area contributed by atoms with E-state index in [0.29, 0.717) is 16.1 Å². The molecule has 0 amide bonds. The molecule has 2 aromatic rings. The van der Waals surface area contributed by atoms with Gasteiger partial charge in [-0.2, -0.15) is 0 Å². The molecule has 2 aliphatic rings. The summed E-state index contributed by atoms with van der Waals surface area (Å²) in [4.78, 5) is 34.4. The van der Waals surface area contributed by atoms with E-state index < -0.39 is 11.0 Å². The Bertz CT molecular complexity index is 921. The van der Waals surface area contributed by atoms with E-state index in [-0.39, 0.29) is 23.1 Å². The van der Waals surface area contributed by atoms with E-state index >= 15 is 0 Å². The second kappa shape index (κ2) is 4.76. The normalized spacial score (nSPS) is 24.0. The molecule has 6 nitrogen and oxygen atoms in total. The maximum atomic E-state index is 12.4. The molecule has 1 aromatic heterocycles. The van der Waals surface area contributed by atoms with Gasteiger partial charge in [0.05, 0.1) is 16.5 Å². The van der Waals surface area contributed by atoms with Crippen LogP contribution in [-0.2, 0) is 4.79 Å². The van der Waals surface area contributed by atoms with Crippen molar-refractivity contribution in [3.8, 4) is 11.1 Å². The van der Waals surface area contributed by atoms with Crippen LogP contribution >= 0.6 is 11.6 Å². The monoisotopic (exact) mass is 330 g/mol. The van der Waals surface area contributed by atoms with Gasteiger partial charge in [-0.3, -0.25) is 14.9 Å². The number of fused-ring (bicyclic) bond motifs is 3. The van der Waals surface area contributed by atoms with Crippen LogP contribution < -0.4 is 5.56 Å². The fourth-order valence-corrected chi connectivity index (χ4v) is 3.72. The number of carbonyl (C=O) groups is 1. The van der Waals surface area contributed by atoms with E-state index in [4.69, 9.17) is 11.6 Å². The molecule has 2 heterocycles. The molecule has 0 radical (unpaired) electrons. The number of pyridine rings is 1. The summed E-state index contributed by atoms with van der Waals surface area (Å²) < 4.78 is 1.51. The molecule has 7 heteroatoms. The second-order valence-corrected chi connectivity index (χ2v) is 6.36. The third-order valence-electron chi connectivity index (χ3n) is 4.66. The van der Waals surface area contributed by atoms with Crippen molar-refractivity contribution < 1.29 is 9.72 Å². The zero-order valence-corrected chi connectivity index (χ0v) is 12.6. The average Bonchev–Trinajstić information content (AvgIpc) is 3.23. The zero-order chi connectivity index (χ0) is 16.3. The van der Waals surface area contributed by atoms with Gasteiger partial charge in [0.25, 0.3) is 11.2 Å². The van der Waals surface area contributed by atoms with Gasteiger partial charge in [0.2, 0.25) is 0 Å². The van der Waals surface area contributed by atoms with E-state index in [0.717, 1.165) is 18.4 Å². The van der Waals surface area contributed by atoms with Gasteiger partial charge in [0.1, 0.15) is 6.29 Å². The maximum absolute atomic E-state index is 12.4. The van der Waals surface area contributed by atoms with Crippen LogP contribution in [0.2, 0.25) is 5.02 Å². The first kappa shape index (κ1) is 14.1. The highest BCUT2D eigenvalue weighted by atomic mass is 35.5. The van der Waals surface area contributed by atoms with Gasteiger partial charge in [-0.15, -0.1) is 0 Å². The van der Waals surface area contributed by atoms with Gasteiger partial charge in [0, 0.05) is 28.8 Å². The fourth-order valence-electron chi connectivity index (χ4n) is 3.54. The number of nitro groups is 1. The Balaban J connectivity index is 1.93. The number of hydrogen-bond acceptors (Lipinski definition) is 4. The van der Waals surface area contributed by atoms with Crippen LogP contribution in [-0.4, -0.2) is 15.8 Å². The Morgan fingerprint density at radius 2 is 2.09 bits per heavy atom. The van der Waals surface area contributed by atoms with Crippen molar-refractivity contribution >= 4 is 23.6 Å². The standard InChI is InChI=1S/C16H11ClN2O4/c17-9-1-2-13(19(22)23)10(5-9)8-3-14-11-6-12(11)15(7-20)18(14)16(21)4-8/h1-5,7,11-12,15H,6H2/t11-,12+,15-/m1/s1. The summed E-state index contributed by atoms with van der Waals surface area (Å²) in [7, 11) is 0. The van der Waals surface area contributed by atoms with Gasteiger partial charge in [-0.1, -0.05) is 11.6 Å². The molecule has 4 rings (SSSR count). The molecule has 1 aromatic carbocycles. The molecule has 0 saturated heterocycles. The lowest BCUT2D eigenvalue weighted by atomic mass is 10.0. The van der Waals surface area contributed by atoms with Crippen LogP contribution in [0, 0.1) is 16.0 Å². The van der Waals surface area contributed by atoms with Crippen molar-refractivity contribution in [3.63, 3.8) is 0 Å². The minimum Gasteiger partial charge on any atom is -0.302 e. The zero-order valence-electron chi connectivity index (χ0n) is 11.8. The van der Waals surface area contributed by atoms with Crippen molar-refractivity contribution in [2.45, 2.75) is 18.4 Å². The number of nitrogens with zero attached hydrogens (tertiary/aromatic N) is 2. The molecule has 116 valence electrons. The highest BCUT2D eigenvalue weighted by Gasteiger charge is 2.52. The summed E-state index contributed by atoms with van der Waals surface area (Å²) in [5.41, 5.74) is 1.15. The Morgan fingerprint density at radius 1 is 1.30 bits per heavy atom. The summed E-state index contributed by atoms with van der Waals surface area (Å²) in [5.74, 6) is 0.376. The molecule has 0 bridgehead atoms. The van der Waals surface area contributed by atoms with Crippen LogP contribution in [0.5, 0.6) is 0 Å². The summed E-state index contributed by atoms with van der Waals surface area (Å²) in [6.45, 7) is 0. The lowest BCUT2D eigenvalue weighted by Gasteiger charge is -2.13. The summed E-state index contributed by atoms with van der Waals surface area (Å²) in [6.07, 6.45) is 1.69. The molecule has 23 heavy (non-hydrogen) atoms. The lowest BCUT2D eigenvalue weighted by molar-refractivity contribution is -0.384. The lowest BCUT2D eigenvalue weighted by Crippen LogP contribution is -2.25. The minimum absolute atomic E-state index is 0.101. The van der Waals surface area contributed by atoms with E-state index in [1.807, 2.05) is 0 Å². The van der Waals surface area contributed by atoms with E-state index in [2.05, 4.69) is 0 Å². The van der Waals surface area contributed by atoms with Crippen molar-refractivity contribution in [1.82, 2.24) is 4.57 Å². The second-order valence-electron chi connectivity index (χ2n) is 5.93. The van der Waals surface area contributed by atoms with Crippen molar-refractivity contribution in [2.75, 3.05) is 0 Å². The first-order valence-electron chi connectivity index (χ1n) is 7.17. The molecule has 0 unspecified atom stereocenters. The van der Waals surface area contributed by atoms with Crippen LogP contribution in [0.15, 0.2) is 35.1 Å². The van der Waals surface area contributed by atoms with Gasteiger partial charge in [-0.25, -0.2) is 0 Å². The molecule has 1 saturated carbocycles. The predicted molar refractivity (Wildman–Crippen MR) is 83.8 cm³/mol. The summed E-state index contributed by atoms with van der Waals surface area (Å²) >= 11 is 5.96. The number of aromatic nitrogens is 1. The number of halogens is 1. The highest BCUT2D eigenvalue weighted by Crippen LogP contribution is 2.58.